The number of hydrogen-bond acceptors (Lipinski definition) is 6. The number of carbonyl (C=O) groups is 1. The monoisotopic (exact) mass is 367 g/mol. The lowest BCUT2D eigenvalue weighted by Gasteiger charge is -2.05. The summed E-state index contributed by atoms with van der Waals surface area (Å²) in [5.74, 6) is -0.114. The van der Waals surface area contributed by atoms with Crippen molar-refractivity contribution in [3.63, 3.8) is 0 Å². The van der Waals surface area contributed by atoms with E-state index in [1.807, 2.05) is 54.6 Å². The van der Waals surface area contributed by atoms with E-state index in [0.29, 0.717) is 21.4 Å². The van der Waals surface area contributed by atoms with Gasteiger partial charge in [0.1, 0.15) is 22.1 Å². The molecule has 2 aromatic carbocycles. The molecule has 0 spiro atoms. The normalized spacial score (nSPS) is 17.0. The Hall–Kier alpha value is -2.99. The molecule has 5 nitrogen and oxygen atoms in total. The number of hydrogen-bond donors (Lipinski definition) is 1. The van der Waals surface area contributed by atoms with Crippen molar-refractivity contribution in [1.29, 1.82) is 0 Å². The molecule has 1 aliphatic heterocycles. The van der Waals surface area contributed by atoms with E-state index in [1.165, 1.54) is 18.9 Å². The molecule has 3 rings (SSSR count). The van der Waals surface area contributed by atoms with Gasteiger partial charge >= 0.3 is 5.97 Å². The van der Waals surface area contributed by atoms with Gasteiger partial charge in [0.25, 0.3) is 0 Å². The molecule has 0 atom stereocenters. The van der Waals surface area contributed by atoms with Gasteiger partial charge in [-0.25, -0.2) is 9.79 Å². The van der Waals surface area contributed by atoms with Crippen LogP contribution in [0.3, 0.4) is 0 Å². The summed E-state index contributed by atoms with van der Waals surface area (Å²) in [5, 5.41) is 11.0. The Morgan fingerprint density at radius 1 is 1.08 bits per heavy atom. The summed E-state index contributed by atoms with van der Waals surface area (Å²) in [5.41, 5.74) is 1.53. The van der Waals surface area contributed by atoms with Crippen LogP contribution in [0.5, 0.6) is 5.75 Å². The summed E-state index contributed by atoms with van der Waals surface area (Å²) in [7, 11) is 2.85. The summed E-state index contributed by atoms with van der Waals surface area (Å²) in [6, 6.07) is 16.7. The Morgan fingerprint density at radius 3 is 2.46 bits per heavy atom. The largest absolute Gasteiger partial charge is 0.506 e. The van der Waals surface area contributed by atoms with Gasteiger partial charge in [-0.05, 0) is 24.3 Å². The first-order valence-electron chi connectivity index (χ1n) is 7.82. The third-order valence-electron chi connectivity index (χ3n) is 3.69. The van der Waals surface area contributed by atoms with E-state index in [0.717, 1.165) is 5.56 Å². The molecule has 0 saturated heterocycles. The van der Waals surface area contributed by atoms with Crippen molar-refractivity contribution in [2.24, 2.45) is 4.99 Å². The SMILES string of the molecule is COC(=O)C1=C(O)/C(=C/c2ccccc2OC)SC1=Nc1ccccc1. The highest BCUT2D eigenvalue weighted by atomic mass is 32.2. The minimum Gasteiger partial charge on any atom is -0.506 e. The first-order valence-corrected chi connectivity index (χ1v) is 8.64. The molecule has 1 N–H and O–H groups in total. The van der Waals surface area contributed by atoms with E-state index in [1.54, 1.807) is 13.2 Å². The zero-order valence-corrected chi connectivity index (χ0v) is 15.1. The van der Waals surface area contributed by atoms with E-state index in [4.69, 9.17) is 9.47 Å². The lowest BCUT2D eigenvalue weighted by atomic mass is 10.1. The molecular formula is C20H17NO4S. The van der Waals surface area contributed by atoms with Crippen LogP contribution >= 0.6 is 11.8 Å². The van der Waals surface area contributed by atoms with Gasteiger partial charge in [-0.15, -0.1) is 0 Å². The fraction of sp³-hybridized carbons (Fsp3) is 0.100. The first kappa shape index (κ1) is 17.8. The number of para-hydroxylation sites is 2. The number of rotatable bonds is 4. The number of thioether (sulfide) groups is 1. The number of aliphatic imine (C=N–C) groups is 1. The minimum atomic E-state index is -0.631. The van der Waals surface area contributed by atoms with Crippen LogP contribution in [-0.2, 0) is 9.53 Å². The van der Waals surface area contributed by atoms with Gasteiger partial charge in [0.2, 0.25) is 0 Å². The molecule has 26 heavy (non-hydrogen) atoms. The zero-order valence-electron chi connectivity index (χ0n) is 14.3. The Morgan fingerprint density at radius 2 is 1.77 bits per heavy atom. The Kier molecular flexibility index (Phi) is 5.43. The van der Waals surface area contributed by atoms with Crippen LogP contribution in [0.15, 0.2) is 75.8 Å². The van der Waals surface area contributed by atoms with Gasteiger partial charge < -0.3 is 14.6 Å². The van der Waals surface area contributed by atoms with Crippen molar-refractivity contribution in [3.8, 4) is 5.75 Å². The Labute approximate surface area is 155 Å². The number of aliphatic hydroxyl groups excluding tert-OH is 1. The number of carbonyl (C=O) groups excluding carboxylic acids is 1. The molecule has 132 valence electrons. The van der Waals surface area contributed by atoms with Crippen LogP contribution in [0.2, 0.25) is 0 Å². The molecule has 1 aliphatic rings. The fourth-order valence-electron chi connectivity index (χ4n) is 2.44. The average Bonchev–Trinajstić information content (AvgIpc) is 2.97. The standard InChI is InChI=1S/C20H17NO4S/c1-24-15-11-7-6-8-13(15)12-16-18(22)17(20(23)25-2)19(26-16)21-14-9-4-3-5-10-14/h3-12,22H,1-2H3/b16-12-,21-19?. The second-order valence-electron chi connectivity index (χ2n) is 5.32. The van der Waals surface area contributed by atoms with Gasteiger partial charge in [-0.2, -0.15) is 0 Å². The highest BCUT2D eigenvalue weighted by molar-refractivity contribution is 8.18. The third kappa shape index (κ3) is 3.65. The number of nitrogens with zero attached hydrogens (tertiary/aromatic N) is 1. The minimum absolute atomic E-state index is 0.0579. The van der Waals surface area contributed by atoms with Gasteiger partial charge in [-0.1, -0.05) is 48.2 Å². The van der Waals surface area contributed by atoms with Crippen molar-refractivity contribution in [2.75, 3.05) is 14.2 Å². The number of esters is 1. The Balaban J connectivity index is 2.07. The second kappa shape index (κ2) is 7.93. The topological polar surface area (TPSA) is 68.1 Å². The lowest BCUT2D eigenvalue weighted by molar-refractivity contribution is -0.135. The molecule has 0 amide bonds. The smallest absolute Gasteiger partial charge is 0.344 e. The van der Waals surface area contributed by atoms with Crippen molar-refractivity contribution >= 4 is 34.5 Å². The van der Waals surface area contributed by atoms with Crippen LogP contribution in [0.4, 0.5) is 5.69 Å². The van der Waals surface area contributed by atoms with Crippen LogP contribution in [0, 0.1) is 0 Å². The molecule has 0 fully saturated rings. The van der Waals surface area contributed by atoms with Crippen LogP contribution in [0.25, 0.3) is 6.08 Å². The number of methoxy groups -OCH3 is 2. The molecule has 0 unspecified atom stereocenters. The zero-order chi connectivity index (χ0) is 18.5. The molecular weight excluding hydrogens is 350 g/mol. The first-order chi connectivity index (χ1) is 12.6. The van der Waals surface area contributed by atoms with Crippen LogP contribution < -0.4 is 4.74 Å². The number of aliphatic hydroxyl groups is 1. The predicted molar refractivity (Wildman–Crippen MR) is 104 cm³/mol. The van der Waals surface area contributed by atoms with Crippen molar-refractivity contribution < 1.29 is 19.4 Å². The number of benzene rings is 2. The summed E-state index contributed by atoms with van der Waals surface area (Å²) < 4.78 is 10.1. The second-order valence-corrected chi connectivity index (χ2v) is 6.35. The highest BCUT2D eigenvalue weighted by Gasteiger charge is 2.33. The molecule has 6 heteroatoms. The van der Waals surface area contributed by atoms with Crippen molar-refractivity contribution in [3.05, 3.63) is 76.4 Å². The van der Waals surface area contributed by atoms with Gasteiger partial charge in [-0.3, -0.25) is 0 Å². The molecule has 0 bridgehead atoms. The maximum absolute atomic E-state index is 12.2. The molecule has 0 aromatic heterocycles. The number of ether oxygens (including phenoxy) is 2. The molecule has 0 radical (unpaired) electrons. The van der Waals surface area contributed by atoms with Gasteiger partial charge in [0.15, 0.2) is 0 Å². The average molecular weight is 367 g/mol. The summed E-state index contributed by atoms with van der Waals surface area (Å²) >= 11 is 1.21. The maximum atomic E-state index is 12.2. The fourth-order valence-corrected chi connectivity index (χ4v) is 3.46. The summed E-state index contributed by atoms with van der Waals surface area (Å²) in [6.07, 6.45) is 1.76. The highest BCUT2D eigenvalue weighted by Crippen LogP contribution is 2.40. The molecule has 1 heterocycles. The lowest BCUT2D eigenvalue weighted by Crippen LogP contribution is -2.10. The van der Waals surface area contributed by atoms with E-state index < -0.39 is 5.97 Å². The molecule has 2 aromatic rings. The van der Waals surface area contributed by atoms with Crippen molar-refractivity contribution in [1.82, 2.24) is 0 Å². The van der Waals surface area contributed by atoms with Crippen molar-refractivity contribution in [2.45, 2.75) is 0 Å². The van der Waals surface area contributed by atoms with Gasteiger partial charge in [0, 0.05) is 5.56 Å². The quantitative estimate of drug-likeness (QED) is 0.806. The summed E-state index contributed by atoms with van der Waals surface area (Å²) in [6.45, 7) is 0. The third-order valence-corrected chi connectivity index (χ3v) is 4.71. The van der Waals surface area contributed by atoms with Gasteiger partial charge in [0.05, 0.1) is 24.8 Å². The Bertz CT molecular complexity index is 916. The maximum Gasteiger partial charge on any atom is 0.344 e. The molecule has 0 aliphatic carbocycles. The summed E-state index contributed by atoms with van der Waals surface area (Å²) in [4.78, 5) is 17.1. The van der Waals surface area contributed by atoms with E-state index in [2.05, 4.69) is 4.99 Å². The molecule has 0 saturated carbocycles. The van der Waals surface area contributed by atoms with Crippen LogP contribution in [0.1, 0.15) is 5.56 Å². The van der Waals surface area contributed by atoms with E-state index in [-0.39, 0.29) is 11.3 Å². The van der Waals surface area contributed by atoms with E-state index in [9.17, 15) is 9.90 Å². The van der Waals surface area contributed by atoms with Crippen LogP contribution in [-0.4, -0.2) is 30.3 Å². The van der Waals surface area contributed by atoms with E-state index >= 15 is 0 Å². The predicted octanol–water partition coefficient (Wildman–Crippen LogP) is 4.50.